The molecule has 0 saturated heterocycles. The zero-order valence-electron chi connectivity index (χ0n) is 12.7. The number of hydrogen-bond donors (Lipinski definition) is 1. The van der Waals surface area contributed by atoms with Gasteiger partial charge in [-0.2, -0.15) is 5.10 Å². The topological polar surface area (TPSA) is 64.0 Å². The molecule has 1 aromatic heterocycles. The van der Waals surface area contributed by atoms with E-state index in [4.69, 9.17) is 11.6 Å². The van der Waals surface area contributed by atoms with Crippen LogP contribution in [0.5, 0.6) is 0 Å². The number of aryl methyl sites for hydroxylation is 1. The second kappa shape index (κ2) is 6.41. The van der Waals surface area contributed by atoms with Crippen LogP contribution < -0.4 is 10.7 Å². The van der Waals surface area contributed by atoms with Crippen molar-refractivity contribution in [1.82, 2.24) is 15.1 Å². The van der Waals surface area contributed by atoms with Gasteiger partial charge in [-0.1, -0.05) is 23.7 Å². The Bertz CT molecular complexity index is 1000. The number of aromatic nitrogens is 2. The molecule has 1 amide bonds. The zero-order chi connectivity index (χ0) is 17.3. The molecule has 2 aromatic carbocycles. The van der Waals surface area contributed by atoms with Gasteiger partial charge in [-0.25, -0.2) is 4.39 Å². The summed E-state index contributed by atoms with van der Waals surface area (Å²) in [7, 11) is 1.59. The van der Waals surface area contributed by atoms with E-state index >= 15 is 0 Å². The Kier molecular flexibility index (Phi) is 4.31. The molecule has 3 rings (SSSR count). The van der Waals surface area contributed by atoms with Crippen molar-refractivity contribution in [2.24, 2.45) is 7.05 Å². The van der Waals surface area contributed by atoms with Crippen LogP contribution in [0.2, 0.25) is 5.02 Å². The molecular weight excluding hydrogens is 333 g/mol. The predicted octanol–water partition coefficient (Wildman–Crippen LogP) is 2.66. The molecule has 0 spiro atoms. The van der Waals surface area contributed by atoms with Gasteiger partial charge < -0.3 is 5.32 Å². The summed E-state index contributed by atoms with van der Waals surface area (Å²) in [5.41, 5.74) is 0.358. The first-order valence-corrected chi connectivity index (χ1v) is 7.53. The van der Waals surface area contributed by atoms with Gasteiger partial charge >= 0.3 is 0 Å². The van der Waals surface area contributed by atoms with Crippen molar-refractivity contribution in [2.75, 3.05) is 0 Å². The lowest BCUT2D eigenvalue weighted by Crippen LogP contribution is -2.31. The number of carbonyl (C=O) groups is 1. The van der Waals surface area contributed by atoms with Crippen molar-refractivity contribution in [1.29, 1.82) is 0 Å². The van der Waals surface area contributed by atoms with Gasteiger partial charge in [0.15, 0.2) is 5.69 Å². The molecule has 0 saturated carbocycles. The van der Waals surface area contributed by atoms with Crippen molar-refractivity contribution >= 4 is 28.4 Å². The summed E-state index contributed by atoms with van der Waals surface area (Å²) in [5.74, 6) is -1.17. The third kappa shape index (κ3) is 3.14. The van der Waals surface area contributed by atoms with Gasteiger partial charge in [-0.15, -0.1) is 0 Å². The summed E-state index contributed by atoms with van der Waals surface area (Å²) in [6.45, 7) is 0.200. The third-order valence-corrected chi connectivity index (χ3v) is 3.81. The SMILES string of the molecule is Cn1nc(C(=O)NCc2cccc(Cl)c2)c(=O)c2cc(F)ccc21. The van der Waals surface area contributed by atoms with Crippen LogP contribution in [-0.2, 0) is 13.6 Å². The monoisotopic (exact) mass is 345 g/mol. The quantitative estimate of drug-likeness (QED) is 0.793. The van der Waals surface area contributed by atoms with E-state index in [9.17, 15) is 14.0 Å². The smallest absolute Gasteiger partial charge is 0.276 e. The highest BCUT2D eigenvalue weighted by Crippen LogP contribution is 2.12. The first kappa shape index (κ1) is 16.1. The Morgan fingerprint density at radius 3 is 2.83 bits per heavy atom. The second-order valence-corrected chi connectivity index (χ2v) is 5.71. The molecule has 1 N–H and O–H groups in total. The summed E-state index contributed by atoms with van der Waals surface area (Å²) in [6, 6.07) is 10.8. The van der Waals surface area contributed by atoms with Crippen molar-refractivity contribution in [3.8, 4) is 0 Å². The Morgan fingerprint density at radius 2 is 2.08 bits per heavy atom. The van der Waals surface area contributed by atoms with E-state index in [-0.39, 0.29) is 17.6 Å². The van der Waals surface area contributed by atoms with E-state index < -0.39 is 17.2 Å². The van der Waals surface area contributed by atoms with Crippen molar-refractivity contribution in [3.05, 3.63) is 74.8 Å². The molecule has 0 aliphatic carbocycles. The van der Waals surface area contributed by atoms with E-state index in [1.165, 1.54) is 16.8 Å². The Balaban J connectivity index is 1.92. The molecule has 24 heavy (non-hydrogen) atoms. The largest absolute Gasteiger partial charge is 0.346 e. The third-order valence-electron chi connectivity index (χ3n) is 3.57. The lowest BCUT2D eigenvalue weighted by Gasteiger charge is -2.09. The molecule has 5 nitrogen and oxygen atoms in total. The second-order valence-electron chi connectivity index (χ2n) is 5.28. The maximum atomic E-state index is 13.4. The fourth-order valence-electron chi connectivity index (χ4n) is 2.41. The van der Waals surface area contributed by atoms with Gasteiger partial charge in [0.25, 0.3) is 5.91 Å². The van der Waals surface area contributed by atoms with E-state index in [0.29, 0.717) is 10.5 Å². The predicted molar refractivity (Wildman–Crippen MR) is 89.6 cm³/mol. The Morgan fingerprint density at radius 1 is 1.29 bits per heavy atom. The van der Waals surface area contributed by atoms with Crippen LogP contribution in [0.3, 0.4) is 0 Å². The Hall–Kier alpha value is -2.73. The molecule has 0 aliphatic rings. The number of carbonyl (C=O) groups excluding carboxylic acids is 1. The normalized spacial score (nSPS) is 10.8. The number of nitrogens with one attached hydrogen (secondary N) is 1. The molecular formula is C17H13ClFN3O2. The average Bonchev–Trinajstić information content (AvgIpc) is 2.56. The summed E-state index contributed by atoms with van der Waals surface area (Å²) < 4.78 is 14.8. The molecule has 122 valence electrons. The highest BCUT2D eigenvalue weighted by molar-refractivity contribution is 6.30. The van der Waals surface area contributed by atoms with Gasteiger partial charge in [0.05, 0.1) is 10.9 Å². The van der Waals surface area contributed by atoms with Crippen LogP contribution in [-0.4, -0.2) is 15.7 Å². The first-order valence-electron chi connectivity index (χ1n) is 7.15. The Labute approximate surface area is 141 Å². The van der Waals surface area contributed by atoms with Crippen LogP contribution >= 0.6 is 11.6 Å². The fourth-order valence-corrected chi connectivity index (χ4v) is 2.62. The lowest BCUT2D eigenvalue weighted by molar-refractivity contribution is 0.0943. The molecule has 3 aromatic rings. The number of benzene rings is 2. The number of nitrogens with zero attached hydrogens (tertiary/aromatic N) is 2. The number of fused-ring (bicyclic) bond motifs is 1. The molecule has 1 heterocycles. The van der Waals surface area contributed by atoms with E-state index in [2.05, 4.69) is 10.4 Å². The molecule has 0 bridgehead atoms. The molecule has 7 heteroatoms. The highest BCUT2D eigenvalue weighted by Gasteiger charge is 2.16. The number of rotatable bonds is 3. The standard InChI is InChI=1S/C17H13ClFN3O2/c1-22-14-6-5-12(19)8-13(14)16(23)15(21-22)17(24)20-9-10-3-2-4-11(18)7-10/h2-8H,9H2,1H3,(H,20,24). The maximum absolute atomic E-state index is 13.4. The molecule has 0 radical (unpaired) electrons. The van der Waals surface area contributed by atoms with E-state index in [1.807, 2.05) is 0 Å². The maximum Gasteiger partial charge on any atom is 0.276 e. The minimum absolute atomic E-state index is 0.111. The highest BCUT2D eigenvalue weighted by atomic mass is 35.5. The zero-order valence-corrected chi connectivity index (χ0v) is 13.5. The van der Waals surface area contributed by atoms with Crippen LogP contribution in [0, 0.1) is 5.82 Å². The lowest BCUT2D eigenvalue weighted by atomic mass is 10.2. The van der Waals surface area contributed by atoms with Crippen LogP contribution in [0.15, 0.2) is 47.3 Å². The van der Waals surface area contributed by atoms with Gasteiger partial charge in [0, 0.05) is 18.6 Å². The van der Waals surface area contributed by atoms with Gasteiger partial charge in [0.2, 0.25) is 5.43 Å². The fraction of sp³-hybridized carbons (Fsp3) is 0.118. The van der Waals surface area contributed by atoms with E-state index in [0.717, 1.165) is 11.6 Å². The van der Waals surface area contributed by atoms with Crippen LogP contribution in [0.1, 0.15) is 16.1 Å². The van der Waals surface area contributed by atoms with Gasteiger partial charge in [-0.05, 0) is 35.9 Å². The minimum Gasteiger partial charge on any atom is -0.346 e. The van der Waals surface area contributed by atoms with Crippen molar-refractivity contribution < 1.29 is 9.18 Å². The van der Waals surface area contributed by atoms with Crippen molar-refractivity contribution in [2.45, 2.75) is 6.54 Å². The van der Waals surface area contributed by atoms with E-state index in [1.54, 1.807) is 31.3 Å². The number of amides is 1. The van der Waals surface area contributed by atoms with Crippen molar-refractivity contribution in [3.63, 3.8) is 0 Å². The first-order chi connectivity index (χ1) is 11.5. The summed E-state index contributed by atoms with van der Waals surface area (Å²) >= 11 is 5.89. The molecule has 0 unspecified atom stereocenters. The average molecular weight is 346 g/mol. The van der Waals surface area contributed by atoms with Crippen LogP contribution in [0.25, 0.3) is 10.9 Å². The summed E-state index contributed by atoms with van der Waals surface area (Å²) in [4.78, 5) is 24.7. The van der Waals surface area contributed by atoms with Crippen LogP contribution in [0.4, 0.5) is 4.39 Å². The molecule has 0 fully saturated rings. The summed E-state index contributed by atoms with van der Waals surface area (Å²) in [5, 5.41) is 7.29. The number of halogens is 2. The molecule has 0 aliphatic heterocycles. The minimum atomic E-state index is -0.623. The summed E-state index contributed by atoms with van der Waals surface area (Å²) in [6.07, 6.45) is 0. The van der Waals surface area contributed by atoms with Gasteiger partial charge in [-0.3, -0.25) is 14.3 Å². The number of hydrogen-bond acceptors (Lipinski definition) is 3. The van der Waals surface area contributed by atoms with Gasteiger partial charge in [0.1, 0.15) is 5.82 Å². The molecule has 0 atom stereocenters.